The second-order valence-electron chi connectivity index (χ2n) is 5.78. The van der Waals surface area contributed by atoms with Gasteiger partial charge in [0.25, 0.3) is 0 Å². The van der Waals surface area contributed by atoms with Crippen molar-refractivity contribution in [2.24, 2.45) is 13.0 Å². The van der Waals surface area contributed by atoms with Crippen LogP contribution in [0.5, 0.6) is 0 Å². The number of carbonyl (C=O) groups is 1. The molecule has 0 fully saturated rings. The van der Waals surface area contributed by atoms with E-state index in [4.69, 9.17) is 0 Å². The molecule has 0 N–H and O–H groups in total. The summed E-state index contributed by atoms with van der Waals surface area (Å²) in [5.74, 6) is 0.973. The lowest BCUT2D eigenvalue weighted by atomic mass is 9.97. The number of aromatic nitrogens is 1. The Balaban J connectivity index is 2.21. The third-order valence-electron chi connectivity index (χ3n) is 3.54. The maximum Gasteiger partial charge on any atom is 0.179 e. The molecule has 1 atom stereocenters. The molecular formula is C17H27NO. The quantitative estimate of drug-likeness (QED) is 0.488. The fourth-order valence-corrected chi connectivity index (χ4v) is 2.29. The van der Waals surface area contributed by atoms with Gasteiger partial charge < -0.3 is 4.57 Å². The molecule has 106 valence electrons. The van der Waals surface area contributed by atoms with Gasteiger partial charge in [-0.3, -0.25) is 4.79 Å². The number of hydrogen-bond acceptors (Lipinski definition) is 1. The standard InChI is InChI=1S/C17H27NO/c1-14(2)8-5-9-15(3)10-6-12-17(19)16-11-7-13-18(16)4/h7-8,11,13,15H,5-6,9-10,12H2,1-4H3. The zero-order valence-corrected chi connectivity index (χ0v) is 12.8. The lowest BCUT2D eigenvalue weighted by Gasteiger charge is -2.09. The molecule has 0 aliphatic carbocycles. The van der Waals surface area contributed by atoms with Crippen molar-refractivity contribution in [3.8, 4) is 0 Å². The van der Waals surface area contributed by atoms with Gasteiger partial charge in [0.15, 0.2) is 5.78 Å². The molecule has 2 nitrogen and oxygen atoms in total. The van der Waals surface area contributed by atoms with E-state index in [0.717, 1.165) is 25.0 Å². The minimum atomic E-state index is 0.268. The molecule has 0 bridgehead atoms. The largest absolute Gasteiger partial charge is 0.348 e. The molecule has 0 aliphatic rings. The molecular weight excluding hydrogens is 234 g/mol. The number of Topliss-reactive ketones (excluding diaryl/α,β-unsaturated/α-hetero) is 1. The van der Waals surface area contributed by atoms with E-state index >= 15 is 0 Å². The molecule has 0 radical (unpaired) electrons. The Bertz CT molecular complexity index is 424. The molecule has 0 saturated heterocycles. The zero-order chi connectivity index (χ0) is 14.3. The van der Waals surface area contributed by atoms with Crippen LogP contribution in [0, 0.1) is 5.92 Å². The van der Waals surface area contributed by atoms with Crippen LogP contribution in [0.15, 0.2) is 30.0 Å². The van der Waals surface area contributed by atoms with E-state index < -0.39 is 0 Å². The highest BCUT2D eigenvalue weighted by atomic mass is 16.1. The van der Waals surface area contributed by atoms with Gasteiger partial charge >= 0.3 is 0 Å². The fourth-order valence-electron chi connectivity index (χ4n) is 2.29. The van der Waals surface area contributed by atoms with Gasteiger partial charge in [-0.05, 0) is 51.2 Å². The predicted octanol–water partition coefficient (Wildman–Crippen LogP) is 4.76. The van der Waals surface area contributed by atoms with E-state index in [0.29, 0.717) is 12.3 Å². The van der Waals surface area contributed by atoms with Gasteiger partial charge in [0.05, 0.1) is 5.69 Å². The molecule has 1 rings (SSSR count). The summed E-state index contributed by atoms with van der Waals surface area (Å²) in [5, 5.41) is 0. The van der Waals surface area contributed by atoms with Crippen molar-refractivity contribution in [2.75, 3.05) is 0 Å². The topological polar surface area (TPSA) is 22.0 Å². The summed E-state index contributed by atoms with van der Waals surface area (Å²) in [7, 11) is 1.93. The first-order chi connectivity index (χ1) is 9.00. The maximum absolute atomic E-state index is 12.0. The highest BCUT2D eigenvalue weighted by molar-refractivity contribution is 5.94. The van der Waals surface area contributed by atoms with Crippen molar-refractivity contribution in [1.29, 1.82) is 0 Å². The van der Waals surface area contributed by atoms with Gasteiger partial charge in [0.1, 0.15) is 0 Å². The monoisotopic (exact) mass is 261 g/mol. The number of rotatable bonds is 8. The van der Waals surface area contributed by atoms with Gasteiger partial charge in [0, 0.05) is 19.7 Å². The second-order valence-corrected chi connectivity index (χ2v) is 5.78. The number of carbonyl (C=O) groups excluding carboxylic acids is 1. The van der Waals surface area contributed by atoms with Gasteiger partial charge in [-0.1, -0.05) is 25.0 Å². The second kappa shape index (κ2) is 7.98. The van der Waals surface area contributed by atoms with Crippen LogP contribution in [0.1, 0.15) is 63.4 Å². The number of ketones is 1. The molecule has 0 saturated carbocycles. The molecule has 0 amide bonds. The molecule has 2 heteroatoms. The lowest BCUT2D eigenvalue weighted by molar-refractivity contribution is 0.0970. The van der Waals surface area contributed by atoms with Gasteiger partial charge in [-0.2, -0.15) is 0 Å². The summed E-state index contributed by atoms with van der Waals surface area (Å²) in [4.78, 5) is 12.0. The Morgan fingerprint density at radius 2 is 2.11 bits per heavy atom. The van der Waals surface area contributed by atoms with Crippen LogP contribution in [0.2, 0.25) is 0 Å². The smallest absolute Gasteiger partial charge is 0.179 e. The van der Waals surface area contributed by atoms with E-state index in [-0.39, 0.29) is 5.78 Å². The van der Waals surface area contributed by atoms with Crippen LogP contribution < -0.4 is 0 Å². The lowest BCUT2D eigenvalue weighted by Crippen LogP contribution is -2.06. The average Bonchev–Trinajstić information content (AvgIpc) is 2.75. The number of aryl methyl sites for hydroxylation is 1. The highest BCUT2D eigenvalue weighted by Crippen LogP contribution is 2.16. The summed E-state index contributed by atoms with van der Waals surface area (Å²) in [6.07, 6.45) is 9.43. The van der Waals surface area contributed by atoms with Crippen molar-refractivity contribution >= 4 is 5.78 Å². The Hall–Kier alpha value is -1.31. The van der Waals surface area contributed by atoms with Crippen molar-refractivity contribution < 1.29 is 4.79 Å². The maximum atomic E-state index is 12.0. The van der Waals surface area contributed by atoms with Gasteiger partial charge in [-0.15, -0.1) is 0 Å². The Labute approximate surface area is 117 Å². The Morgan fingerprint density at radius 1 is 1.37 bits per heavy atom. The molecule has 1 aromatic heterocycles. The van der Waals surface area contributed by atoms with Crippen LogP contribution in [0.4, 0.5) is 0 Å². The number of nitrogens with zero attached hydrogens (tertiary/aromatic N) is 1. The summed E-state index contributed by atoms with van der Waals surface area (Å²) < 4.78 is 1.90. The van der Waals surface area contributed by atoms with Gasteiger partial charge in [0.2, 0.25) is 0 Å². The Kier molecular flexibility index (Phi) is 6.61. The molecule has 0 aromatic carbocycles. The predicted molar refractivity (Wildman–Crippen MR) is 81.4 cm³/mol. The minimum absolute atomic E-state index is 0.268. The van der Waals surface area contributed by atoms with Crippen molar-refractivity contribution in [3.63, 3.8) is 0 Å². The van der Waals surface area contributed by atoms with E-state index in [1.807, 2.05) is 29.9 Å². The van der Waals surface area contributed by atoms with Crippen LogP contribution in [0.25, 0.3) is 0 Å². The van der Waals surface area contributed by atoms with Crippen LogP contribution in [-0.2, 0) is 7.05 Å². The first kappa shape index (κ1) is 15.7. The third kappa shape index (κ3) is 5.91. The first-order valence-electron chi connectivity index (χ1n) is 7.28. The van der Waals surface area contributed by atoms with Crippen molar-refractivity contribution in [3.05, 3.63) is 35.7 Å². The summed E-state index contributed by atoms with van der Waals surface area (Å²) in [6.45, 7) is 6.57. The van der Waals surface area contributed by atoms with Crippen molar-refractivity contribution in [2.45, 2.75) is 52.9 Å². The summed E-state index contributed by atoms with van der Waals surface area (Å²) in [5.41, 5.74) is 2.23. The number of allylic oxidation sites excluding steroid dienone is 2. The SMILES string of the molecule is CC(C)=CCCC(C)CCCC(=O)c1cccn1C. The fraction of sp³-hybridized carbons (Fsp3) is 0.588. The molecule has 0 aliphatic heterocycles. The molecule has 1 unspecified atom stereocenters. The van der Waals surface area contributed by atoms with E-state index in [1.54, 1.807) is 0 Å². The normalized spacial score (nSPS) is 12.2. The van der Waals surface area contributed by atoms with Crippen molar-refractivity contribution in [1.82, 2.24) is 4.57 Å². The minimum Gasteiger partial charge on any atom is -0.348 e. The summed E-state index contributed by atoms with van der Waals surface area (Å²) in [6, 6.07) is 3.83. The average molecular weight is 261 g/mol. The highest BCUT2D eigenvalue weighted by Gasteiger charge is 2.09. The zero-order valence-electron chi connectivity index (χ0n) is 12.8. The van der Waals surface area contributed by atoms with E-state index in [2.05, 4.69) is 26.8 Å². The van der Waals surface area contributed by atoms with Gasteiger partial charge in [-0.25, -0.2) is 0 Å². The molecule has 0 spiro atoms. The van der Waals surface area contributed by atoms with Crippen LogP contribution in [0.3, 0.4) is 0 Å². The van der Waals surface area contributed by atoms with Crippen LogP contribution >= 0.6 is 0 Å². The first-order valence-corrected chi connectivity index (χ1v) is 7.28. The van der Waals surface area contributed by atoms with E-state index in [1.165, 1.54) is 12.0 Å². The molecule has 1 aromatic rings. The third-order valence-corrected chi connectivity index (χ3v) is 3.54. The Morgan fingerprint density at radius 3 is 2.68 bits per heavy atom. The van der Waals surface area contributed by atoms with Crippen LogP contribution in [-0.4, -0.2) is 10.4 Å². The summed E-state index contributed by atoms with van der Waals surface area (Å²) >= 11 is 0. The molecule has 19 heavy (non-hydrogen) atoms. The number of hydrogen-bond donors (Lipinski definition) is 0. The molecule has 1 heterocycles. The van der Waals surface area contributed by atoms with E-state index in [9.17, 15) is 4.79 Å².